The van der Waals surface area contributed by atoms with Crippen LogP contribution in [0.2, 0.25) is 0 Å². The number of hydrogen-bond donors (Lipinski definition) is 0. The molecule has 1 aliphatic heterocycles. The quantitative estimate of drug-likeness (QED) is 0.156. The van der Waals surface area contributed by atoms with E-state index in [-0.39, 0.29) is 12.5 Å². The smallest absolute Gasteiger partial charge is 0.233 e. The second kappa shape index (κ2) is 13.9. The molecule has 6 rings (SSSR count). The molecule has 2 aromatic heterocycles. The van der Waals surface area contributed by atoms with Crippen molar-refractivity contribution in [3.8, 4) is 45.5 Å². The summed E-state index contributed by atoms with van der Waals surface area (Å²) in [5.74, 6) is 1.57. The molecule has 0 saturated carbocycles. The Morgan fingerprint density at radius 2 is 1.47 bits per heavy atom. The molecule has 0 radical (unpaired) electrons. The lowest BCUT2D eigenvalue weighted by Gasteiger charge is -2.26. The molecule has 3 heterocycles. The fourth-order valence-electron chi connectivity index (χ4n) is 5.40. The number of morpholine rings is 1. The number of aromatic nitrogens is 2. The van der Waals surface area contributed by atoms with E-state index in [0.29, 0.717) is 11.5 Å². The number of unbranched alkanes of at least 4 members (excludes halogenated alkanes) is 1. The van der Waals surface area contributed by atoms with Gasteiger partial charge in [-0.05, 0) is 42.1 Å². The van der Waals surface area contributed by atoms with Gasteiger partial charge in [0.25, 0.3) is 0 Å². The molecule has 7 nitrogen and oxygen atoms in total. The molecule has 0 amide bonds. The third-order valence-electron chi connectivity index (χ3n) is 7.68. The molecule has 5 aromatic rings. The number of oxazole rings is 1. The Morgan fingerprint density at radius 1 is 0.791 bits per heavy atom. The number of benzene rings is 3. The SMILES string of the molecule is N#Cc1c(-c2ccccc2)ccnc1OCc1nc(-c2ccc(-c3ccccc3)cc2)c(CCCCN2CCOCC2)o1. The minimum absolute atomic E-state index is 0.0722. The molecule has 0 unspecified atom stereocenters. The third-order valence-corrected chi connectivity index (χ3v) is 7.68. The van der Waals surface area contributed by atoms with Gasteiger partial charge in [0, 0.05) is 36.8 Å². The normalized spacial score (nSPS) is 13.5. The van der Waals surface area contributed by atoms with Crippen LogP contribution in [0.3, 0.4) is 0 Å². The van der Waals surface area contributed by atoms with Crippen molar-refractivity contribution in [2.24, 2.45) is 0 Å². The topological polar surface area (TPSA) is 84.4 Å². The minimum atomic E-state index is 0.0722. The van der Waals surface area contributed by atoms with E-state index in [1.807, 2.05) is 54.6 Å². The van der Waals surface area contributed by atoms with Crippen LogP contribution < -0.4 is 4.74 Å². The molecule has 0 bridgehead atoms. The summed E-state index contributed by atoms with van der Waals surface area (Å²) in [7, 11) is 0. The molecule has 0 spiro atoms. The second-order valence-electron chi connectivity index (χ2n) is 10.5. The van der Waals surface area contributed by atoms with Crippen LogP contribution in [0.1, 0.15) is 30.1 Å². The molecule has 0 aliphatic carbocycles. The fourth-order valence-corrected chi connectivity index (χ4v) is 5.40. The second-order valence-corrected chi connectivity index (χ2v) is 10.5. The van der Waals surface area contributed by atoms with Crippen molar-refractivity contribution < 1.29 is 13.9 Å². The Labute approximate surface area is 252 Å². The predicted octanol–water partition coefficient (Wildman–Crippen LogP) is 7.18. The number of nitrogens with zero attached hydrogens (tertiary/aromatic N) is 4. The Bertz CT molecular complexity index is 1660. The Balaban J connectivity index is 1.21. The van der Waals surface area contributed by atoms with Gasteiger partial charge in [0.05, 0.1) is 13.2 Å². The summed E-state index contributed by atoms with van der Waals surface area (Å²) in [5, 5.41) is 9.95. The predicted molar refractivity (Wildman–Crippen MR) is 166 cm³/mol. The van der Waals surface area contributed by atoms with Crippen LogP contribution >= 0.6 is 0 Å². The largest absolute Gasteiger partial charge is 0.467 e. The summed E-state index contributed by atoms with van der Waals surface area (Å²) in [4.78, 5) is 11.7. The maximum atomic E-state index is 9.95. The van der Waals surface area contributed by atoms with E-state index in [0.717, 1.165) is 85.8 Å². The monoisotopic (exact) mass is 570 g/mol. The molecular formula is C36H34N4O3. The van der Waals surface area contributed by atoms with Crippen molar-refractivity contribution in [1.82, 2.24) is 14.9 Å². The highest BCUT2D eigenvalue weighted by Gasteiger charge is 2.18. The molecule has 0 atom stereocenters. The third kappa shape index (κ3) is 7.00. The highest BCUT2D eigenvalue weighted by molar-refractivity contribution is 5.72. The summed E-state index contributed by atoms with van der Waals surface area (Å²) in [5.41, 5.74) is 6.25. The number of rotatable bonds is 11. The van der Waals surface area contributed by atoms with Crippen molar-refractivity contribution in [3.63, 3.8) is 0 Å². The van der Waals surface area contributed by atoms with E-state index in [4.69, 9.17) is 18.9 Å². The molecule has 1 fully saturated rings. The first kappa shape index (κ1) is 28.4. The van der Waals surface area contributed by atoms with Crippen LogP contribution in [0.5, 0.6) is 5.88 Å². The van der Waals surface area contributed by atoms with E-state index >= 15 is 0 Å². The number of aryl methyl sites for hydroxylation is 1. The van der Waals surface area contributed by atoms with Gasteiger partial charge in [0.2, 0.25) is 11.8 Å². The molecule has 216 valence electrons. The van der Waals surface area contributed by atoms with E-state index in [1.54, 1.807) is 6.20 Å². The lowest BCUT2D eigenvalue weighted by molar-refractivity contribution is 0.0371. The van der Waals surface area contributed by atoms with Gasteiger partial charge in [-0.25, -0.2) is 9.97 Å². The molecule has 43 heavy (non-hydrogen) atoms. The van der Waals surface area contributed by atoms with Gasteiger partial charge in [-0.2, -0.15) is 5.26 Å². The number of ether oxygens (including phenoxy) is 2. The van der Waals surface area contributed by atoms with Crippen molar-refractivity contribution in [3.05, 3.63) is 114 Å². The lowest BCUT2D eigenvalue weighted by atomic mass is 10.0. The number of hydrogen-bond acceptors (Lipinski definition) is 7. The van der Waals surface area contributed by atoms with Crippen molar-refractivity contribution in [2.75, 3.05) is 32.8 Å². The Kier molecular flexibility index (Phi) is 9.19. The zero-order chi connectivity index (χ0) is 29.3. The summed E-state index contributed by atoms with van der Waals surface area (Å²) >= 11 is 0. The number of pyridine rings is 1. The first-order valence-corrected chi connectivity index (χ1v) is 14.8. The number of nitriles is 1. The fraction of sp³-hybridized carbons (Fsp3) is 0.250. The van der Waals surface area contributed by atoms with Gasteiger partial charge in [-0.3, -0.25) is 4.90 Å². The van der Waals surface area contributed by atoms with Gasteiger partial charge < -0.3 is 13.9 Å². The lowest BCUT2D eigenvalue weighted by Crippen LogP contribution is -2.36. The zero-order valence-corrected chi connectivity index (χ0v) is 24.1. The maximum Gasteiger partial charge on any atom is 0.233 e. The van der Waals surface area contributed by atoms with Crippen molar-refractivity contribution >= 4 is 0 Å². The van der Waals surface area contributed by atoms with Gasteiger partial charge in [-0.1, -0.05) is 84.9 Å². The van der Waals surface area contributed by atoms with Crippen LogP contribution in [0.4, 0.5) is 0 Å². The van der Waals surface area contributed by atoms with Crippen LogP contribution in [-0.4, -0.2) is 47.7 Å². The summed E-state index contributed by atoms with van der Waals surface area (Å²) in [6.07, 6.45) is 4.49. The summed E-state index contributed by atoms with van der Waals surface area (Å²) in [6, 6.07) is 32.6. The average molecular weight is 571 g/mol. The molecule has 1 aliphatic rings. The van der Waals surface area contributed by atoms with E-state index < -0.39 is 0 Å². The van der Waals surface area contributed by atoms with Crippen molar-refractivity contribution in [2.45, 2.75) is 25.9 Å². The maximum absolute atomic E-state index is 9.95. The highest BCUT2D eigenvalue weighted by Crippen LogP contribution is 2.31. The molecule has 7 heteroatoms. The van der Waals surface area contributed by atoms with Crippen LogP contribution in [0, 0.1) is 11.3 Å². The van der Waals surface area contributed by atoms with E-state index in [1.165, 1.54) is 5.56 Å². The van der Waals surface area contributed by atoms with Crippen molar-refractivity contribution in [1.29, 1.82) is 5.26 Å². The average Bonchev–Trinajstić information content (AvgIpc) is 3.49. The molecular weight excluding hydrogens is 536 g/mol. The van der Waals surface area contributed by atoms with Gasteiger partial charge >= 0.3 is 0 Å². The van der Waals surface area contributed by atoms with E-state index in [2.05, 4.69) is 52.4 Å². The standard InChI is InChI=1S/C36H34N4O3/c37-25-32-31(29-11-5-2-6-12-29)18-19-38-36(32)42-26-34-39-35(30-16-14-28(15-17-30)27-9-3-1-4-10-27)33(43-34)13-7-8-20-40-21-23-41-24-22-40/h1-6,9-12,14-19H,7-8,13,20-24,26H2. The summed E-state index contributed by atoms with van der Waals surface area (Å²) in [6.45, 7) is 4.73. The molecule has 0 N–H and O–H groups in total. The van der Waals surface area contributed by atoms with Gasteiger partial charge in [0.1, 0.15) is 23.1 Å². The highest BCUT2D eigenvalue weighted by atomic mass is 16.5. The molecule has 1 saturated heterocycles. The molecule has 3 aromatic carbocycles. The first-order valence-electron chi connectivity index (χ1n) is 14.8. The Hall–Kier alpha value is -4.77. The van der Waals surface area contributed by atoms with E-state index in [9.17, 15) is 5.26 Å². The van der Waals surface area contributed by atoms with Crippen LogP contribution in [0.15, 0.2) is 102 Å². The minimum Gasteiger partial charge on any atom is -0.467 e. The zero-order valence-electron chi connectivity index (χ0n) is 24.1. The Morgan fingerprint density at radius 3 is 2.19 bits per heavy atom. The first-order chi connectivity index (χ1) is 21.3. The van der Waals surface area contributed by atoms with Crippen LogP contribution in [0.25, 0.3) is 33.5 Å². The summed E-state index contributed by atoms with van der Waals surface area (Å²) < 4.78 is 17.8. The van der Waals surface area contributed by atoms with Gasteiger partial charge in [0.15, 0.2) is 6.61 Å². The van der Waals surface area contributed by atoms with Gasteiger partial charge in [-0.15, -0.1) is 0 Å². The van der Waals surface area contributed by atoms with Crippen LogP contribution in [-0.2, 0) is 17.8 Å².